The van der Waals surface area contributed by atoms with Crippen LogP contribution in [0, 0.1) is 0 Å². The molecule has 0 aliphatic carbocycles. The zero-order chi connectivity index (χ0) is 18.2. The molecule has 0 spiro atoms. The van der Waals surface area contributed by atoms with Crippen molar-refractivity contribution < 1.29 is 9.84 Å². The second-order valence-electron chi connectivity index (χ2n) is 7.78. The summed E-state index contributed by atoms with van der Waals surface area (Å²) >= 11 is 0. The molecule has 0 amide bonds. The van der Waals surface area contributed by atoms with Crippen molar-refractivity contribution in [2.24, 2.45) is 4.99 Å². The zero-order valence-corrected chi connectivity index (χ0v) is 16.8. The monoisotopic (exact) mass is 351 g/mol. The third-order valence-corrected chi connectivity index (χ3v) is 4.94. The van der Waals surface area contributed by atoms with E-state index in [0.29, 0.717) is 6.61 Å². The van der Waals surface area contributed by atoms with Crippen molar-refractivity contribution >= 4 is 5.90 Å². The third kappa shape index (κ3) is 11.4. The van der Waals surface area contributed by atoms with Gasteiger partial charge in [-0.2, -0.15) is 0 Å². The van der Waals surface area contributed by atoms with Gasteiger partial charge in [-0.15, -0.1) is 0 Å². The molecule has 1 aliphatic heterocycles. The van der Waals surface area contributed by atoms with Crippen molar-refractivity contribution in [1.29, 1.82) is 0 Å². The van der Waals surface area contributed by atoms with Crippen molar-refractivity contribution in [2.45, 2.75) is 109 Å². The maximum atomic E-state index is 9.25. The number of aliphatic imine (C=N–C) groups is 1. The average molecular weight is 352 g/mol. The van der Waals surface area contributed by atoms with Gasteiger partial charge >= 0.3 is 0 Å². The highest BCUT2D eigenvalue weighted by molar-refractivity contribution is 5.78. The molecule has 1 N–H and O–H groups in total. The summed E-state index contributed by atoms with van der Waals surface area (Å²) in [5, 5.41) is 9.25. The van der Waals surface area contributed by atoms with E-state index in [2.05, 4.69) is 24.1 Å². The predicted octanol–water partition coefficient (Wildman–Crippen LogP) is 6.20. The zero-order valence-electron chi connectivity index (χ0n) is 16.8. The van der Waals surface area contributed by atoms with Gasteiger partial charge in [0.25, 0.3) is 0 Å². The molecule has 3 heteroatoms. The first-order valence-corrected chi connectivity index (χ1v) is 10.7. The van der Waals surface area contributed by atoms with E-state index in [1.807, 2.05) is 6.92 Å². The summed E-state index contributed by atoms with van der Waals surface area (Å²) in [5.41, 5.74) is -0.392. The first-order valence-electron chi connectivity index (χ1n) is 10.7. The molecular formula is C22H41NO2. The molecule has 1 heterocycles. The number of rotatable bonds is 16. The first kappa shape index (κ1) is 22.2. The lowest BCUT2D eigenvalue weighted by atomic mass is 10.1. The van der Waals surface area contributed by atoms with E-state index in [1.165, 1.54) is 77.0 Å². The largest absolute Gasteiger partial charge is 0.478 e. The van der Waals surface area contributed by atoms with Crippen LogP contribution in [0.3, 0.4) is 0 Å². The minimum absolute atomic E-state index is 0.0723. The van der Waals surface area contributed by atoms with Crippen molar-refractivity contribution in [3.63, 3.8) is 0 Å². The highest BCUT2D eigenvalue weighted by atomic mass is 16.5. The van der Waals surface area contributed by atoms with Crippen LogP contribution in [0.5, 0.6) is 0 Å². The van der Waals surface area contributed by atoms with E-state index in [9.17, 15) is 5.11 Å². The summed E-state index contributed by atoms with van der Waals surface area (Å²) in [6, 6.07) is 0. The van der Waals surface area contributed by atoms with Gasteiger partial charge in [-0.3, -0.25) is 0 Å². The highest BCUT2D eigenvalue weighted by Crippen LogP contribution is 2.20. The Morgan fingerprint density at radius 3 is 2.04 bits per heavy atom. The topological polar surface area (TPSA) is 41.8 Å². The molecule has 0 aromatic rings. The van der Waals surface area contributed by atoms with E-state index in [-0.39, 0.29) is 6.61 Å². The van der Waals surface area contributed by atoms with Crippen molar-refractivity contribution in [1.82, 2.24) is 0 Å². The number of ether oxygens (including phenoxy) is 1. The standard InChI is InChI=1S/C22H41NO2/c1-3-4-5-6-7-8-9-10-11-12-13-14-15-16-17-18-21-23-22(2,19-24)20-25-21/h10-11,24H,3-9,12-20H2,1-2H3. The molecule has 25 heavy (non-hydrogen) atoms. The van der Waals surface area contributed by atoms with Crippen LogP contribution in [0.2, 0.25) is 0 Å². The van der Waals surface area contributed by atoms with Gasteiger partial charge in [0.1, 0.15) is 12.1 Å². The Morgan fingerprint density at radius 1 is 0.920 bits per heavy atom. The SMILES string of the molecule is CCCCCCCCC=CCCCCCCCC1=NC(C)(CO)CO1. The fourth-order valence-corrected chi connectivity index (χ4v) is 3.16. The summed E-state index contributed by atoms with van der Waals surface area (Å²) in [4.78, 5) is 4.48. The van der Waals surface area contributed by atoms with Gasteiger partial charge in [0.2, 0.25) is 0 Å². The molecule has 0 saturated carbocycles. The van der Waals surface area contributed by atoms with Crippen LogP contribution in [0.15, 0.2) is 17.1 Å². The molecule has 0 bridgehead atoms. The number of hydrogen-bond donors (Lipinski definition) is 1. The molecule has 0 aromatic carbocycles. The molecule has 0 fully saturated rings. The molecule has 3 nitrogen and oxygen atoms in total. The molecule has 0 aromatic heterocycles. The number of aliphatic hydroxyl groups excluding tert-OH is 1. The van der Waals surface area contributed by atoms with Crippen molar-refractivity contribution in [2.75, 3.05) is 13.2 Å². The smallest absolute Gasteiger partial charge is 0.184 e. The van der Waals surface area contributed by atoms with E-state index < -0.39 is 5.54 Å². The molecule has 1 rings (SSSR count). The highest BCUT2D eigenvalue weighted by Gasteiger charge is 2.30. The van der Waals surface area contributed by atoms with Gasteiger partial charge in [0, 0.05) is 6.42 Å². The van der Waals surface area contributed by atoms with E-state index in [0.717, 1.165) is 18.7 Å². The van der Waals surface area contributed by atoms with E-state index in [4.69, 9.17) is 4.74 Å². The molecule has 1 aliphatic rings. The molecule has 0 radical (unpaired) electrons. The second-order valence-corrected chi connectivity index (χ2v) is 7.78. The van der Waals surface area contributed by atoms with Gasteiger partial charge in [-0.25, -0.2) is 4.99 Å². The molecule has 1 atom stereocenters. The summed E-state index contributed by atoms with van der Waals surface area (Å²) in [7, 11) is 0. The molecule has 0 saturated heterocycles. The number of nitrogens with zero attached hydrogens (tertiary/aromatic N) is 1. The lowest BCUT2D eigenvalue weighted by Gasteiger charge is -2.12. The molecule has 146 valence electrons. The van der Waals surface area contributed by atoms with Gasteiger partial charge in [-0.05, 0) is 39.0 Å². The third-order valence-electron chi connectivity index (χ3n) is 4.94. The molecule has 1 unspecified atom stereocenters. The average Bonchev–Trinajstić information content (AvgIpc) is 3.00. The van der Waals surface area contributed by atoms with Crippen molar-refractivity contribution in [3.05, 3.63) is 12.2 Å². The Labute approximate surface area is 156 Å². The lowest BCUT2D eigenvalue weighted by molar-refractivity contribution is 0.169. The Balaban J connectivity index is 1.83. The lowest BCUT2D eigenvalue weighted by Crippen LogP contribution is -2.28. The summed E-state index contributed by atoms with van der Waals surface area (Å²) in [5.74, 6) is 0.842. The maximum Gasteiger partial charge on any atom is 0.184 e. The van der Waals surface area contributed by atoms with Crippen LogP contribution in [0.1, 0.15) is 104 Å². The quantitative estimate of drug-likeness (QED) is 0.265. The Hall–Kier alpha value is -0.830. The van der Waals surface area contributed by atoms with Gasteiger partial charge in [0.05, 0.1) is 6.61 Å². The Morgan fingerprint density at radius 2 is 1.48 bits per heavy atom. The Bertz CT molecular complexity index is 378. The van der Waals surface area contributed by atoms with Crippen LogP contribution >= 0.6 is 0 Å². The number of allylic oxidation sites excluding steroid dienone is 2. The van der Waals surface area contributed by atoms with Crippen LogP contribution in [0.4, 0.5) is 0 Å². The maximum absolute atomic E-state index is 9.25. The van der Waals surface area contributed by atoms with E-state index in [1.54, 1.807) is 0 Å². The number of unbranched alkanes of at least 4 members (excludes halogenated alkanes) is 11. The second kappa shape index (κ2) is 14.4. The van der Waals surface area contributed by atoms with Crippen LogP contribution in [-0.4, -0.2) is 29.8 Å². The normalized spacial score (nSPS) is 20.2. The predicted molar refractivity (Wildman–Crippen MR) is 108 cm³/mol. The van der Waals surface area contributed by atoms with Crippen LogP contribution in [-0.2, 0) is 4.74 Å². The summed E-state index contributed by atoms with van der Waals surface area (Å²) in [6.07, 6.45) is 22.9. The van der Waals surface area contributed by atoms with Crippen molar-refractivity contribution in [3.8, 4) is 0 Å². The summed E-state index contributed by atoms with van der Waals surface area (Å²) in [6.45, 7) is 4.82. The number of hydrogen-bond acceptors (Lipinski definition) is 3. The van der Waals surface area contributed by atoms with Gasteiger partial charge in [-0.1, -0.05) is 70.4 Å². The van der Waals surface area contributed by atoms with Gasteiger partial charge in [0.15, 0.2) is 5.90 Å². The van der Waals surface area contributed by atoms with Crippen LogP contribution in [0.25, 0.3) is 0 Å². The molecular weight excluding hydrogens is 310 g/mol. The first-order chi connectivity index (χ1) is 12.2. The van der Waals surface area contributed by atoms with Gasteiger partial charge < -0.3 is 9.84 Å². The summed E-state index contributed by atoms with van der Waals surface area (Å²) < 4.78 is 5.56. The van der Waals surface area contributed by atoms with Crippen LogP contribution < -0.4 is 0 Å². The Kier molecular flexibility index (Phi) is 12.8. The minimum Gasteiger partial charge on any atom is -0.478 e. The fraction of sp³-hybridized carbons (Fsp3) is 0.864. The minimum atomic E-state index is -0.392. The fourth-order valence-electron chi connectivity index (χ4n) is 3.16. The number of aliphatic hydroxyl groups is 1. The van der Waals surface area contributed by atoms with E-state index >= 15 is 0 Å².